The van der Waals surface area contributed by atoms with E-state index in [-0.39, 0.29) is 19.1 Å². The highest BCUT2D eigenvalue weighted by atomic mass is 16.5. The van der Waals surface area contributed by atoms with Gasteiger partial charge in [0, 0.05) is 5.56 Å². The molecule has 7 heteroatoms. The van der Waals surface area contributed by atoms with Crippen molar-refractivity contribution in [2.24, 2.45) is 5.73 Å². The molecule has 0 fully saturated rings. The predicted octanol–water partition coefficient (Wildman–Crippen LogP) is 1.08. The number of furan rings is 1. The van der Waals surface area contributed by atoms with Crippen LogP contribution in [0, 0.1) is 0 Å². The zero-order chi connectivity index (χ0) is 15.9. The number of hydrogen-bond donors (Lipinski definition) is 2. The maximum absolute atomic E-state index is 12.1. The number of nitrogens with one attached hydrogen (secondary N) is 1. The molecule has 0 atom stereocenters. The lowest BCUT2D eigenvalue weighted by atomic mass is 10.2. The standard InChI is InChI=1S/C15H16N2O5/c1-20-13-7-10(4-5-12(13)22-9-14(16)18)15(19)17-8-11-3-2-6-21-11/h2-7H,8-9H2,1H3,(H2,16,18)(H,17,19). The Bertz CT molecular complexity index is 652. The smallest absolute Gasteiger partial charge is 0.255 e. The van der Waals surface area contributed by atoms with Gasteiger partial charge in [-0.2, -0.15) is 0 Å². The molecule has 2 aromatic rings. The van der Waals surface area contributed by atoms with Crippen LogP contribution in [-0.2, 0) is 11.3 Å². The van der Waals surface area contributed by atoms with Crippen molar-refractivity contribution in [3.8, 4) is 11.5 Å². The van der Waals surface area contributed by atoms with E-state index in [9.17, 15) is 9.59 Å². The molecule has 1 aromatic heterocycles. The van der Waals surface area contributed by atoms with Crippen LogP contribution in [0.1, 0.15) is 16.1 Å². The number of primary amides is 1. The van der Waals surface area contributed by atoms with Crippen molar-refractivity contribution in [3.63, 3.8) is 0 Å². The summed E-state index contributed by atoms with van der Waals surface area (Å²) in [6.07, 6.45) is 1.54. The van der Waals surface area contributed by atoms with E-state index in [4.69, 9.17) is 19.6 Å². The molecular formula is C15H16N2O5. The van der Waals surface area contributed by atoms with Gasteiger partial charge in [-0.3, -0.25) is 9.59 Å². The van der Waals surface area contributed by atoms with Gasteiger partial charge in [-0.05, 0) is 30.3 Å². The molecule has 0 unspecified atom stereocenters. The number of carbonyl (C=O) groups excluding carboxylic acids is 2. The number of methoxy groups -OCH3 is 1. The SMILES string of the molecule is COc1cc(C(=O)NCc2ccco2)ccc1OCC(N)=O. The van der Waals surface area contributed by atoms with Crippen LogP contribution in [0.3, 0.4) is 0 Å². The maximum Gasteiger partial charge on any atom is 0.255 e. The fraction of sp³-hybridized carbons (Fsp3) is 0.200. The first-order valence-electron chi connectivity index (χ1n) is 6.50. The molecule has 0 aliphatic carbocycles. The maximum atomic E-state index is 12.1. The Morgan fingerprint density at radius 3 is 2.73 bits per heavy atom. The van der Waals surface area contributed by atoms with Crippen molar-refractivity contribution in [1.29, 1.82) is 0 Å². The highest BCUT2D eigenvalue weighted by Gasteiger charge is 2.12. The summed E-state index contributed by atoms with van der Waals surface area (Å²) >= 11 is 0. The largest absolute Gasteiger partial charge is 0.493 e. The quantitative estimate of drug-likeness (QED) is 0.796. The Morgan fingerprint density at radius 2 is 2.09 bits per heavy atom. The van der Waals surface area contributed by atoms with Gasteiger partial charge in [-0.15, -0.1) is 0 Å². The zero-order valence-electron chi connectivity index (χ0n) is 12.0. The Kier molecular flexibility index (Phi) is 5.02. The molecule has 0 saturated carbocycles. The van der Waals surface area contributed by atoms with E-state index in [1.54, 1.807) is 24.3 Å². The molecule has 0 aliphatic heterocycles. The highest BCUT2D eigenvalue weighted by Crippen LogP contribution is 2.28. The third kappa shape index (κ3) is 4.02. The van der Waals surface area contributed by atoms with Gasteiger partial charge in [0.2, 0.25) is 0 Å². The van der Waals surface area contributed by atoms with E-state index >= 15 is 0 Å². The van der Waals surface area contributed by atoms with E-state index in [1.807, 2.05) is 0 Å². The first kappa shape index (κ1) is 15.4. The first-order valence-corrected chi connectivity index (χ1v) is 6.50. The molecule has 116 valence electrons. The van der Waals surface area contributed by atoms with Crippen molar-refractivity contribution in [2.75, 3.05) is 13.7 Å². The van der Waals surface area contributed by atoms with Crippen molar-refractivity contribution < 1.29 is 23.5 Å². The summed E-state index contributed by atoms with van der Waals surface area (Å²) in [5, 5.41) is 2.72. The summed E-state index contributed by atoms with van der Waals surface area (Å²) in [4.78, 5) is 22.8. The monoisotopic (exact) mass is 304 g/mol. The van der Waals surface area contributed by atoms with Crippen LogP contribution >= 0.6 is 0 Å². The molecule has 0 aliphatic rings. The van der Waals surface area contributed by atoms with E-state index in [0.29, 0.717) is 22.8 Å². The molecule has 2 amide bonds. The molecule has 0 radical (unpaired) electrons. The van der Waals surface area contributed by atoms with Crippen LogP contribution in [0.25, 0.3) is 0 Å². The van der Waals surface area contributed by atoms with Crippen LogP contribution in [0.5, 0.6) is 11.5 Å². The molecule has 1 heterocycles. The Morgan fingerprint density at radius 1 is 1.27 bits per heavy atom. The third-order valence-electron chi connectivity index (χ3n) is 2.80. The summed E-state index contributed by atoms with van der Waals surface area (Å²) in [5.41, 5.74) is 5.42. The fourth-order valence-corrected chi connectivity index (χ4v) is 1.76. The normalized spacial score (nSPS) is 10.0. The minimum Gasteiger partial charge on any atom is -0.493 e. The van der Waals surface area contributed by atoms with Gasteiger partial charge in [-0.1, -0.05) is 0 Å². The average molecular weight is 304 g/mol. The average Bonchev–Trinajstić information content (AvgIpc) is 3.03. The Balaban J connectivity index is 2.04. The molecule has 2 rings (SSSR count). The van der Waals surface area contributed by atoms with Gasteiger partial charge in [0.25, 0.3) is 11.8 Å². The topological polar surface area (TPSA) is 104 Å². The zero-order valence-corrected chi connectivity index (χ0v) is 12.0. The molecular weight excluding hydrogens is 288 g/mol. The fourth-order valence-electron chi connectivity index (χ4n) is 1.76. The van der Waals surface area contributed by atoms with Gasteiger partial charge >= 0.3 is 0 Å². The second-order valence-electron chi connectivity index (χ2n) is 4.38. The van der Waals surface area contributed by atoms with Crippen LogP contribution in [0.4, 0.5) is 0 Å². The Hall–Kier alpha value is -2.96. The van der Waals surface area contributed by atoms with Crippen LogP contribution < -0.4 is 20.5 Å². The number of ether oxygens (including phenoxy) is 2. The minimum absolute atomic E-state index is 0.263. The number of benzene rings is 1. The van der Waals surface area contributed by atoms with Crippen LogP contribution in [0.15, 0.2) is 41.0 Å². The summed E-state index contributed by atoms with van der Waals surface area (Å²) < 4.78 is 15.5. The summed E-state index contributed by atoms with van der Waals surface area (Å²) in [6.45, 7) is 0.0223. The second kappa shape index (κ2) is 7.16. The molecule has 7 nitrogen and oxygen atoms in total. The van der Waals surface area contributed by atoms with Crippen molar-refractivity contribution in [3.05, 3.63) is 47.9 Å². The molecule has 3 N–H and O–H groups in total. The lowest BCUT2D eigenvalue weighted by molar-refractivity contribution is -0.119. The first-order chi connectivity index (χ1) is 10.6. The van der Waals surface area contributed by atoms with Crippen molar-refractivity contribution in [2.45, 2.75) is 6.54 Å². The number of nitrogens with two attached hydrogens (primary N) is 1. The van der Waals surface area contributed by atoms with Gasteiger partial charge < -0.3 is 24.9 Å². The number of rotatable bonds is 7. The molecule has 0 spiro atoms. The van der Waals surface area contributed by atoms with Gasteiger partial charge in [0.05, 0.1) is 19.9 Å². The second-order valence-corrected chi connectivity index (χ2v) is 4.38. The summed E-state index contributed by atoms with van der Waals surface area (Å²) in [6, 6.07) is 8.14. The lowest BCUT2D eigenvalue weighted by Gasteiger charge is -2.11. The molecule has 0 saturated heterocycles. The van der Waals surface area contributed by atoms with Crippen molar-refractivity contribution >= 4 is 11.8 Å². The van der Waals surface area contributed by atoms with Gasteiger partial charge in [0.1, 0.15) is 5.76 Å². The number of carbonyl (C=O) groups is 2. The Labute approximate surface area is 127 Å². The third-order valence-corrected chi connectivity index (χ3v) is 2.80. The number of hydrogen-bond acceptors (Lipinski definition) is 5. The van der Waals surface area contributed by atoms with Gasteiger partial charge in [-0.25, -0.2) is 0 Å². The van der Waals surface area contributed by atoms with E-state index in [0.717, 1.165) is 0 Å². The summed E-state index contributed by atoms with van der Waals surface area (Å²) in [5.74, 6) is 0.455. The molecule has 22 heavy (non-hydrogen) atoms. The van der Waals surface area contributed by atoms with E-state index in [2.05, 4.69) is 5.32 Å². The van der Waals surface area contributed by atoms with Crippen LogP contribution in [0.2, 0.25) is 0 Å². The van der Waals surface area contributed by atoms with Crippen LogP contribution in [-0.4, -0.2) is 25.5 Å². The van der Waals surface area contributed by atoms with E-state index < -0.39 is 5.91 Å². The molecule has 1 aromatic carbocycles. The molecule has 0 bridgehead atoms. The lowest BCUT2D eigenvalue weighted by Crippen LogP contribution is -2.23. The highest BCUT2D eigenvalue weighted by molar-refractivity contribution is 5.94. The predicted molar refractivity (Wildman–Crippen MR) is 77.6 cm³/mol. The number of amides is 2. The van der Waals surface area contributed by atoms with Crippen molar-refractivity contribution in [1.82, 2.24) is 5.32 Å². The van der Waals surface area contributed by atoms with E-state index in [1.165, 1.54) is 19.4 Å². The summed E-state index contributed by atoms with van der Waals surface area (Å²) in [7, 11) is 1.44. The minimum atomic E-state index is -0.595. The van der Waals surface area contributed by atoms with Gasteiger partial charge in [0.15, 0.2) is 18.1 Å².